The minimum absolute atomic E-state index is 0.310. The van der Waals surface area contributed by atoms with Crippen molar-refractivity contribution in [2.75, 3.05) is 0 Å². The lowest BCUT2D eigenvalue weighted by molar-refractivity contribution is 0.628. The third-order valence-corrected chi connectivity index (χ3v) is 3.78. The van der Waals surface area contributed by atoms with Gasteiger partial charge in [-0.05, 0) is 49.3 Å². The average molecular weight is 326 g/mol. The van der Waals surface area contributed by atoms with E-state index in [2.05, 4.69) is 15.3 Å². The molecule has 0 fully saturated rings. The zero-order valence-electron chi connectivity index (χ0n) is 12.7. The molecule has 1 N–H and O–H groups in total. The summed E-state index contributed by atoms with van der Waals surface area (Å²) in [6, 6.07) is 12.5. The van der Waals surface area contributed by atoms with Gasteiger partial charge >= 0.3 is 0 Å². The predicted octanol–water partition coefficient (Wildman–Crippen LogP) is 4.25. The average Bonchev–Trinajstić information content (AvgIpc) is 2.89. The van der Waals surface area contributed by atoms with Crippen LogP contribution in [0.4, 0.5) is 4.39 Å². The maximum Gasteiger partial charge on any atom is 0.216 e. The summed E-state index contributed by atoms with van der Waals surface area (Å²) >= 11 is 5.20. The number of hydrogen-bond donors (Lipinski definition) is 1. The highest BCUT2D eigenvalue weighted by Crippen LogP contribution is 2.20. The highest BCUT2D eigenvalue weighted by molar-refractivity contribution is 7.71. The molecule has 3 aromatic rings. The second-order valence-corrected chi connectivity index (χ2v) is 5.64. The number of nitrogens with one attached hydrogen (secondary N) is 1. The molecule has 3 rings (SSSR count). The van der Waals surface area contributed by atoms with Gasteiger partial charge in [0.05, 0.1) is 11.8 Å². The number of benzene rings is 2. The fourth-order valence-electron chi connectivity index (χ4n) is 2.23. The van der Waals surface area contributed by atoms with Gasteiger partial charge in [0.15, 0.2) is 5.82 Å². The van der Waals surface area contributed by atoms with E-state index >= 15 is 0 Å². The fourth-order valence-corrected chi connectivity index (χ4v) is 2.41. The molecule has 0 amide bonds. The highest BCUT2D eigenvalue weighted by atomic mass is 32.1. The third kappa shape index (κ3) is 3.12. The Kier molecular flexibility index (Phi) is 4.16. The van der Waals surface area contributed by atoms with Crippen molar-refractivity contribution in [3.8, 4) is 11.4 Å². The molecule has 0 aliphatic rings. The zero-order chi connectivity index (χ0) is 16.4. The summed E-state index contributed by atoms with van der Waals surface area (Å²) in [6.07, 6.45) is 1.71. The molecule has 2 aromatic carbocycles. The Morgan fingerprint density at radius 1 is 1.22 bits per heavy atom. The fraction of sp³-hybridized carbons (Fsp3) is 0.118. The van der Waals surface area contributed by atoms with Crippen LogP contribution >= 0.6 is 12.2 Å². The van der Waals surface area contributed by atoms with Gasteiger partial charge in [-0.25, -0.2) is 9.49 Å². The lowest BCUT2D eigenvalue weighted by Crippen LogP contribution is -1.97. The Bertz CT molecular complexity index is 940. The Labute approximate surface area is 138 Å². The second-order valence-electron chi connectivity index (χ2n) is 5.25. The van der Waals surface area contributed by atoms with E-state index in [0.717, 1.165) is 16.7 Å². The van der Waals surface area contributed by atoms with Gasteiger partial charge in [0.25, 0.3) is 0 Å². The van der Waals surface area contributed by atoms with Crippen molar-refractivity contribution in [2.24, 2.45) is 5.10 Å². The molecule has 0 radical (unpaired) electrons. The zero-order valence-corrected chi connectivity index (χ0v) is 13.6. The topological polar surface area (TPSA) is 46.0 Å². The summed E-state index contributed by atoms with van der Waals surface area (Å²) in [7, 11) is 0. The highest BCUT2D eigenvalue weighted by Gasteiger charge is 2.12. The Morgan fingerprint density at radius 2 is 2.00 bits per heavy atom. The molecule has 1 heterocycles. The first-order valence-electron chi connectivity index (χ1n) is 7.10. The first-order chi connectivity index (χ1) is 11.1. The molecule has 1 aromatic heterocycles. The number of nitrogens with zero attached hydrogens (tertiary/aromatic N) is 3. The SMILES string of the molecule is Cc1ccc(C)c(/C=N\n2c(-c3ccccc3F)n[nH]c2=S)c1. The number of rotatable bonds is 3. The summed E-state index contributed by atoms with van der Waals surface area (Å²) in [4.78, 5) is 0. The number of H-pyrrole nitrogens is 1. The molecule has 6 heteroatoms. The third-order valence-electron chi connectivity index (χ3n) is 3.51. The van der Waals surface area contributed by atoms with Gasteiger partial charge in [0.1, 0.15) is 5.82 Å². The van der Waals surface area contributed by atoms with E-state index in [-0.39, 0.29) is 5.82 Å². The van der Waals surface area contributed by atoms with Crippen molar-refractivity contribution in [1.82, 2.24) is 14.9 Å². The minimum atomic E-state index is -0.371. The normalized spacial score (nSPS) is 11.3. The Morgan fingerprint density at radius 3 is 2.78 bits per heavy atom. The molecule has 116 valence electrons. The molecule has 0 atom stereocenters. The molecule has 0 unspecified atom stereocenters. The van der Waals surface area contributed by atoms with Crippen molar-refractivity contribution in [1.29, 1.82) is 0 Å². The van der Waals surface area contributed by atoms with Crippen LogP contribution in [0, 0.1) is 24.4 Å². The van der Waals surface area contributed by atoms with Crippen LogP contribution in [-0.2, 0) is 0 Å². The van der Waals surface area contributed by atoms with E-state index in [1.54, 1.807) is 24.4 Å². The first kappa shape index (κ1) is 15.3. The summed E-state index contributed by atoms with van der Waals surface area (Å²) < 4.78 is 15.7. The van der Waals surface area contributed by atoms with E-state index in [0.29, 0.717) is 16.2 Å². The van der Waals surface area contributed by atoms with E-state index in [9.17, 15) is 4.39 Å². The largest absolute Gasteiger partial charge is 0.250 e. The van der Waals surface area contributed by atoms with Crippen LogP contribution in [0.15, 0.2) is 47.6 Å². The molecule has 23 heavy (non-hydrogen) atoms. The lowest BCUT2D eigenvalue weighted by Gasteiger charge is -2.04. The predicted molar refractivity (Wildman–Crippen MR) is 91.7 cm³/mol. The Balaban J connectivity index is 2.06. The van der Waals surface area contributed by atoms with Crippen LogP contribution in [0.5, 0.6) is 0 Å². The maximum absolute atomic E-state index is 14.0. The molecule has 0 aliphatic carbocycles. The van der Waals surface area contributed by atoms with Gasteiger partial charge in [0, 0.05) is 0 Å². The van der Waals surface area contributed by atoms with E-state index in [1.165, 1.54) is 10.7 Å². The maximum atomic E-state index is 14.0. The molecular formula is C17H15FN4S. The standard InChI is InChI=1S/C17H15FN4S/c1-11-7-8-12(2)13(9-11)10-19-22-16(20-21-17(22)23)14-5-3-4-6-15(14)18/h3-10H,1-2H3,(H,21,23)/b19-10-. The van der Waals surface area contributed by atoms with Crippen LogP contribution in [0.1, 0.15) is 16.7 Å². The van der Waals surface area contributed by atoms with Crippen LogP contribution < -0.4 is 0 Å². The second kappa shape index (κ2) is 6.26. The minimum Gasteiger partial charge on any atom is -0.250 e. The van der Waals surface area contributed by atoms with Gasteiger partial charge in [0.2, 0.25) is 4.77 Å². The van der Waals surface area contributed by atoms with E-state index < -0.39 is 0 Å². The quantitative estimate of drug-likeness (QED) is 0.578. The summed E-state index contributed by atoms with van der Waals surface area (Å²) in [6.45, 7) is 4.03. The van der Waals surface area contributed by atoms with Gasteiger partial charge in [-0.3, -0.25) is 0 Å². The number of hydrogen-bond acceptors (Lipinski definition) is 3. The number of aryl methyl sites for hydroxylation is 2. The molecule has 0 bridgehead atoms. The summed E-state index contributed by atoms with van der Waals surface area (Å²) in [5.41, 5.74) is 3.56. The van der Waals surface area contributed by atoms with Gasteiger partial charge < -0.3 is 0 Å². The number of halogens is 1. The van der Waals surface area contributed by atoms with E-state index in [4.69, 9.17) is 12.2 Å². The monoisotopic (exact) mass is 326 g/mol. The number of aromatic amines is 1. The van der Waals surface area contributed by atoms with E-state index in [1.807, 2.05) is 32.0 Å². The lowest BCUT2D eigenvalue weighted by atomic mass is 10.1. The van der Waals surface area contributed by atoms with Gasteiger partial charge in [-0.15, -0.1) is 0 Å². The van der Waals surface area contributed by atoms with Crippen LogP contribution in [0.2, 0.25) is 0 Å². The van der Waals surface area contributed by atoms with Crippen LogP contribution in [-0.4, -0.2) is 21.1 Å². The molecular weight excluding hydrogens is 311 g/mol. The van der Waals surface area contributed by atoms with Crippen molar-refractivity contribution < 1.29 is 4.39 Å². The summed E-state index contributed by atoms with van der Waals surface area (Å²) in [5.74, 6) is -0.0284. The Hall–Kier alpha value is -2.60. The van der Waals surface area contributed by atoms with Crippen LogP contribution in [0.3, 0.4) is 0 Å². The first-order valence-corrected chi connectivity index (χ1v) is 7.51. The molecule has 0 spiro atoms. The molecule has 0 saturated carbocycles. The molecule has 0 aliphatic heterocycles. The molecule has 4 nitrogen and oxygen atoms in total. The van der Waals surface area contributed by atoms with Crippen molar-refractivity contribution in [2.45, 2.75) is 13.8 Å². The van der Waals surface area contributed by atoms with Crippen molar-refractivity contribution in [3.63, 3.8) is 0 Å². The van der Waals surface area contributed by atoms with Crippen LogP contribution in [0.25, 0.3) is 11.4 Å². The summed E-state index contributed by atoms with van der Waals surface area (Å²) in [5, 5.41) is 11.1. The van der Waals surface area contributed by atoms with Gasteiger partial charge in [-0.2, -0.15) is 14.9 Å². The smallest absolute Gasteiger partial charge is 0.216 e. The van der Waals surface area contributed by atoms with Crippen molar-refractivity contribution in [3.05, 3.63) is 69.7 Å². The molecule has 0 saturated heterocycles. The van der Waals surface area contributed by atoms with Gasteiger partial charge in [-0.1, -0.05) is 35.9 Å². The number of aromatic nitrogens is 3. The van der Waals surface area contributed by atoms with Crippen molar-refractivity contribution >= 4 is 18.4 Å².